The van der Waals surface area contributed by atoms with Crippen molar-refractivity contribution >= 4 is 5.97 Å². The number of carboxylic acids is 1. The monoisotopic (exact) mass is 266 g/mol. The van der Waals surface area contributed by atoms with Gasteiger partial charge in [-0.2, -0.15) is 4.98 Å². The molecule has 1 aromatic carbocycles. The Balaban J connectivity index is 2.68. The van der Waals surface area contributed by atoms with Crippen LogP contribution in [0.15, 0.2) is 23.0 Å². The fraction of sp³-hybridized carbons (Fsp3) is 0.0833. The van der Waals surface area contributed by atoms with E-state index in [0.29, 0.717) is 0 Å². The van der Waals surface area contributed by atoms with Crippen molar-refractivity contribution in [2.24, 2.45) is 0 Å². The molecule has 0 saturated carbocycles. The smallest absolute Gasteiger partial charge is 0.352 e. The Hall–Kier alpha value is -2.57. The highest BCUT2D eigenvalue weighted by molar-refractivity contribution is 5.86. The number of aromatic nitrogens is 2. The molecule has 2 aromatic rings. The number of H-pyrrole nitrogens is 1. The van der Waals surface area contributed by atoms with E-state index in [2.05, 4.69) is 4.98 Å². The highest BCUT2D eigenvalue weighted by Gasteiger charge is 2.14. The van der Waals surface area contributed by atoms with Gasteiger partial charge in [-0.3, -0.25) is 4.98 Å². The van der Waals surface area contributed by atoms with Gasteiger partial charge in [0.15, 0.2) is 0 Å². The molecule has 2 N–H and O–H groups in total. The number of halogens is 2. The van der Waals surface area contributed by atoms with E-state index in [1.54, 1.807) is 0 Å². The van der Waals surface area contributed by atoms with Crippen molar-refractivity contribution in [1.29, 1.82) is 0 Å². The van der Waals surface area contributed by atoms with Crippen LogP contribution in [0.3, 0.4) is 0 Å². The van der Waals surface area contributed by atoms with E-state index in [1.165, 1.54) is 6.92 Å². The van der Waals surface area contributed by atoms with Crippen molar-refractivity contribution in [2.75, 3.05) is 0 Å². The SMILES string of the molecule is Cc1cc(F)c(-c2cc(C(=O)O)[nH]c(=O)n2)cc1F. The number of carbonyl (C=O) groups is 1. The molecule has 0 aliphatic rings. The van der Waals surface area contributed by atoms with E-state index in [-0.39, 0.29) is 16.8 Å². The number of nitrogens with one attached hydrogen (secondary N) is 1. The summed E-state index contributed by atoms with van der Waals surface area (Å²) in [5.74, 6) is -2.85. The van der Waals surface area contributed by atoms with E-state index < -0.39 is 29.0 Å². The standard InChI is InChI=1S/C12H8F2N2O3/c1-5-2-8(14)6(3-7(5)13)9-4-10(11(17)18)16-12(19)15-9/h2-4H,1H3,(H,17,18)(H,15,16,19). The Morgan fingerprint density at radius 3 is 2.58 bits per heavy atom. The first-order chi connectivity index (χ1) is 8.88. The van der Waals surface area contributed by atoms with Crippen LogP contribution in [-0.2, 0) is 0 Å². The van der Waals surface area contributed by atoms with E-state index in [0.717, 1.165) is 18.2 Å². The Morgan fingerprint density at radius 2 is 1.95 bits per heavy atom. The molecule has 0 aliphatic carbocycles. The number of rotatable bonds is 2. The van der Waals surface area contributed by atoms with Gasteiger partial charge in [0.1, 0.15) is 17.3 Å². The van der Waals surface area contributed by atoms with Gasteiger partial charge < -0.3 is 5.11 Å². The van der Waals surface area contributed by atoms with Gasteiger partial charge in [-0.1, -0.05) is 0 Å². The number of hydrogen-bond donors (Lipinski definition) is 2. The average Bonchev–Trinajstić information content (AvgIpc) is 2.33. The summed E-state index contributed by atoms with van der Waals surface area (Å²) in [5.41, 5.74) is -1.80. The van der Waals surface area contributed by atoms with Gasteiger partial charge in [0.25, 0.3) is 0 Å². The van der Waals surface area contributed by atoms with Crippen LogP contribution < -0.4 is 5.69 Å². The van der Waals surface area contributed by atoms with Crippen LogP contribution in [0.1, 0.15) is 16.1 Å². The molecule has 0 bridgehead atoms. The average molecular weight is 266 g/mol. The maximum atomic E-state index is 13.7. The number of carboxylic acid groups (broad SMARTS) is 1. The van der Waals surface area contributed by atoms with Crippen LogP contribution in [0.25, 0.3) is 11.3 Å². The van der Waals surface area contributed by atoms with Crippen molar-refractivity contribution in [3.05, 3.63) is 51.6 Å². The summed E-state index contributed by atoms with van der Waals surface area (Å²) in [6.07, 6.45) is 0. The first-order valence-corrected chi connectivity index (χ1v) is 5.19. The Bertz CT molecular complexity index is 725. The summed E-state index contributed by atoms with van der Waals surface area (Å²) < 4.78 is 27.1. The number of nitrogens with zero attached hydrogens (tertiary/aromatic N) is 1. The zero-order valence-corrected chi connectivity index (χ0v) is 9.70. The van der Waals surface area contributed by atoms with Crippen LogP contribution in [0.2, 0.25) is 0 Å². The van der Waals surface area contributed by atoms with Gasteiger partial charge in [0.2, 0.25) is 0 Å². The van der Waals surface area contributed by atoms with Crippen LogP contribution >= 0.6 is 0 Å². The lowest BCUT2D eigenvalue weighted by molar-refractivity contribution is 0.0690. The molecule has 0 aliphatic heterocycles. The number of aromatic amines is 1. The second kappa shape index (κ2) is 4.60. The second-order valence-corrected chi connectivity index (χ2v) is 3.87. The maximum absolute atomic E-state index is 13.7. The lowest BCUT2D eigenvalue weighted by Gasteiger charge is -2.05. The minimum atomic E-state index is -1.39. The van der Waals surface area contributed by atoms with E-state index in [4.69, 9.17) is 5.11 Å². The minimum Gasteiger partial charge on any atom is -0.477 e. The summed E-state index contributed by atoms with van der Waals surface area (Å²) in [4.78, 5) is 27.4. The van der Waals surface area contributed by atoms with Gasteiger partial charge in [-0.15, -0.1) is 0 Å². The van der Waals surface area contributed by atoms with Crippen LogP contribution in [0.4, 0.5) is 8.78 Å². The normalized spacial score (nSPS) is 10.5. The number of aryl methyl sites for hydroxylation is 1. The first kappa shape index (κ1) is 12.9. The van der Waals surface area contributed by atoms with Crippen LogP contribution in [-0.4, -0.2) is 21.0 Å². The molecule has 2 rings (SSSR count). The van der Waals surface area contributed by atoms with E-state index >= 15 is 0 Å². The van der Waals surface area contributed by atoms with Crippen molar-refractivity contribution in [2.45, 2.75) is 6.92 Å². The largest absolute Gasteiger partial charge is 0.477 e. The van der Waals surface area contributed by atoms with Gasteiger partial charge in [-0.05, 0) is 30.7 Å². The van der Waals surface area contributed by atoms with E-state index in [1.807, 2.05) is 4.98 Å². The van der Waals surface area contributed by atoms with Gasteiger partial charge >= 0.3 is 11.7 Å². The zero-order chi connectivity index (χ0) is 14.2. The fourth-order valence-electron chi connectivity index (χ4n) is 1.55. The third-order valence-electron chi connectivity index (χ3n) is 2.50. The quantitative estimate of drug-likeness (QED) is 0.867. The van der Waals surface area contributed by atoms with Crippen LogP contribution in [0, 0.1) is 18.6 Å². The molecule has 1 aromatic heterocycles. The summed E-state index contributed by atoms with van der Waals surface area (Å²) >= 11 is 0. The molecule has 0 saturated heterocycles. The van der Waals surface area contributed by atoms with Crippen molar-refractivity contribution in [3.8, 4) is 11.3 Å². The Labute approximate surface area is 105 Å². The zero-order valence-electron chi connectivity index (χ0n) is 9.70. The number of hydrogen-bond acceptors (Lipinski definition) is 3. The van der Waals surface area contributed by atoms with Gasteiger partial charge in [-0.25, -0.2) is 18.4 Å². The lowest BCUT2D eigenvalue weighted by Crippen LogP contribution is -2.16. The Morgan fingerprint density at radius 1 is 1.26 bits per heavy atom. The molecule has 0 fully saturated rings. The predicted molar refractivity (Wildman–Crippen MR) is 61.9 cm³/mol. The predicted octanol–water partition coefficient (Wildman–Crippen LogP) is 1.72. The number of aromatic carboxylic acids is 1. The summed E-state index contributed by atoms with van der Waals surface area (Å²) in [7, 11) is 0. The molecule has 0 amide bonds. The van der Waals surface area contributed by atoms with Gasteiger partial charge in [0, 0.05) is 5.56 Å². The third kappa shape index (κ3) is 2.49. The molecule has 98 valence electrons. The third-order valence-corrected chi connectivity index (χ3v) is 2.50. The molecule has 7 heteroatoms. The highest BCUT2D eigenvalue weighted by atomic mass is 19.1. The first-order valence-electron chi connectivity index (χ1n) is 5.19. The molecule has 19 heavy (non-hydrogen) atoms. The topological polar surface area (TPSA) is 83.0 Å². The summed E-state index contributed by atoms with van der Waals surface area (Å²) in [5, 5.41) is 8.78. The van der Waals surface area contributed by atoms with Crippen molar-refractivity contribution in [1.82, 2.24) is 9.97 Å². The molecule has 1 heterocycles. The molecular weight excluding hydrogens is 258 g/mol. The number of benzene rings is 1. The molecule has 0 atom stereocenters. The van der Waals surface area contributed by atoms with Gasteiger partial charge in [0.05, 0.1) is 5.69 Å². The van der Waals surface area contributed by atoms with Crippen LogP contribution in [0.5, 0.6) is 0 Å². The molecule has 5 nitrogen and oxygen atoms in total. The second-order valence-electron chi connectivity index (χ2n) is 3.87. The maximum Gasteiger partial charge on any atom is 0.352 e. The highest BCUT2D eigenvalue weighted by Crippen LogP contribution is 2.23. The lowest BCUT2D eigenvalue weighted by atomic mass is 10.1. The van der Waals surface area contributed by atoms with Crippen molar-refractivity contribution in [3.63, 3.8) is 0 Å². The fourth-order valence-corrected chi connectivity index (χ4v) is 1.55. The molecule has 0 spiro atoms. The minimum absolute atomic E-state index is 0.101. The summed E-state index contributed by atoms with van der Waals surface area (Å²) in [6, 6.07) is 2.79. The Kier molecular flexibility index (Phi) is 3.12. The molecule has 0 radical (unpaired) electrons. The van der Waals surface area contributed by atoms with E-state index in [9.17, 15) is 18.4 Å². The van der Waals surface area contributed by atoms with Crippen molar-refractivity contribution < 1.29 is 18.7 Å². The summed E-state index contributed by atoms with van der Waals surface area (Å²) in [6.45, 7) is 1.39. The molecular formula is C12H8F2N2O3. The molecule has 0 unspecified atom stereocenters.